The van der Waals surface area contributed by atoms with E-state index >= 15 is 0 Å². The van der Waals surface area contributed by atoms with Crippen molar-refractivity contribution in [2.45, 2.75) is 51.9 Å². The van der Waals surface area contributed by atoms with Crippen molar-refractivity contribution in [1.29, 1.82) is 0 Å². The van der Waals surface area contributed by atoms with Crippen LogP contribution in [-0.4, -0.2) is 5.91 Å². The smallest absolute Gasteiger partial charge is 0.227 e. The molecule has 1 N–H and O–H groups in total. The van der Waals surface area contributed by atoms with E-state index in [0.717, 1.165) is 37.8 Å². The molecule has 1 aromatic carbocycles. The van der Waals surface area contributed by atoms with Crippen molar-refractivity contribution in [3.05, 3.63) is 29.8 Å². The molecule has 2 nitrogen and oxygen atoms in total. The highest BCUT2D eigenvalue weighted by Gasteiger charge is 2.27. The van der Waals surface area contributed by atoms with Crippen LogP contribution < -0.4 is 5.32 Å². The highest BCUT2D eigenvalue weighted by atomic mass is 19.1. The van der Waals surface area contributed by atoms with Crippen LogP contribution in [0.25, 0.3) is 0 Å². The van der Waals surface area contributed by atoms with E-state index in [2.05, 4.69) is 12.2 Å². The first-order valence-electron chi connectivity index (χ1n) is 7.86. The fraction of sp³-hybridized carbons (Fsp3) is 0.588. The van der Waals surface area contributed by atoms with Crippen LogP contribution in [0, 0.1) is 23.5 Å². The standard InChI is InChI=1S/C17H23F2NO/c1-2-3-5-12-8-10-13(11-9-12)17(21)20-16-14(18)6-4-7-15(16)19/h4,6-7,12-13H,2-3,5,8-11H2,1H3,(H,20,21). The molecule has 1 aliphatic rings. The molecule has 0 aromatic heterocycles. The molecule has 0 aliphatic heterocycles. The number of amides is 1. The number of hydrogen-bond donors (Lipinski definition) is 1. The molecule has 1 saturated carbocycles. The summed E-state index contributed by atoms with van der Waals surface area (Å²) in [5.74, 6) is -1.12. The number of unbranched alkanes of at least 4 members (excludes halogenated alkanes) is 1. The zero-order valence-corrected chi connectivity index (χ0v) is 12.5. The monoisotopic (exact) mass is 295 g/mol. The molecule has 1 aromatic rings. The van der Waals surface area contributed by atoms with Gasteiger partial charge in [0.05, 0.1) is 0 Å². The fourth-order valence-corrected chi connectivity index (χ4v) is 3.05. The summed E-state index contributed by atoms with van der Waals surface area (Å²) in [4.78, 5) is 12.1. The Labute approximate surface area is 124 Å². The Balaban J connectivity index is 1.88. The third kappa shape index (κ3) is 4.26. The molecule has 0 radical (unpaired) electrons. The van der Waals surface area contributed by atoms with Crippen LogP contribution in [0.3, 0.4) is 0 Å². The van der Waals surface area contributed by atoms with E-state index < -0.39 is 11.6 Å². The Morgan fingerprint density at radius 2 is 1.81 bits per heavy atom. The molecule has 0 saturated heterocycles. The number of rotatable bonds is 5. The molecule has 1 fully saturated rings. The van der Waals surface area contributed by atoms with Crippen LogP contribution in [0.2, 0.25) is 0 Å². The zero-order chi connectivity index (χ0) is 15.2. The van der Waals surface area contributed by atoms with Gasteiger partial charge in [-0.05, 0) is 43.7 Å². The molecule has 0 heterocycles. The van der Waals surface area contributed by atoms with Gasteiger partial charge in [0.2, 0.25) is 5.91 Å². The summed E-state index contributed by atoms with van der Waals surface area (Å²) in [6.45, 7) is 2.18. The summed E-state index contributed by atoms with van der Waals surface area (Å²) < 4.78 is 27.0. The average molecular weight is 295 g/mol. The second-order valence-corrected chi connectivity index (χ2v) is 5.95. The first-order valence-corrected chi connectivity index (χ1v) is 7.86. The van der Waals surface area contributed by atoms with Gasteiger partial charge in [-0.2, -0.15) is 0 Å². The minimum Gasteiger partial charge on any atom is -0.321 e. The first-order chi connectivity index (χ1) is 10.1. The van der Waals surface area contributed by atoms with Crippen molar-refractivity contribution in [2.24, 2.45) is 11.8 Å². The van der Waals surface area contributed by atoms with Crippen LogP contribution >= 0.6 is 0 Å². The average Bonchev–Trinajstić information content (AvgIpc) is 2.49. The van der Waals surface area contributed by atoms with Crippen LogP contribution in [0.15, 0.2) is 18.2 Å². The van der Waals surface area contributed by atoms with E-state index in [-0.39, 0.29) is 17.5 Å². The predicted octanol–water partition coefficient (Wildman–Crippen LogP) is 4.90. The molecule has 0 bridgehead atoms. The van der Waals surface area contributed by atoms with Gasteiger partial charge in [-0.3, -0.25) is 4.79 Å². The lowest BCUT2D eigenvalue weighted by Crippen LogP contribution is -2.28. The van der Waals surface area contributed by atoms with E-state index in [0.29, 0.717) is 5.92 Å². The first kappa shape index (κ1) is 15.9. The van der Waals surface area contributed by atoms with Crippen LogP contribution in [0.1, 0.15) is 51.9 Å². The Kier molecular flexibility index (Phi) is 5.71. The summed E-state index contributed by atoms with van der Waals surface area (Å²) in [6.07, 6.45) is 7.38. The Morgan fingerprint density at radius 1 is 1.19 bits per heavy atom. The quantitative estimate of drug-likeness (QED) is 0.822. The van der Waals surface area contributed by atoms with Gasteiger partial charge < -0.3 is 5.32 Å². The SMILES string of the molecule is CCCCC1CCC(C(=O)Nc2c(F)cccc2F)CC1. The molecule has 4 heteroatoms. The number of anilines is 1. The van der Waals surface area contributed by atoms with E-state index in [1.807, 2.05) is 0 Å². The molecule has 0 spiro atoms. The molecule has 1 aliphatic carbocycles. The molecule has 1 amide bonds. The van der Waals surface area contributed by atoms with Crippen LogP contribution in [0.4, 0.5) is 14.5 Å². The van der Waals surface area contributed by atoms with Crippen molar-refractivity contribution < 1.29 is 13.6 Å². The molecule has 116 valence electrons. The topological polar surface area (TPSA) is 29.1 Å². The molecule has 2 rings (SSSR count). The van der Waals surface area contributed by atoms with Gasteiger partial charge in [-0.1, -0.05) is 32.3 Å². The second-order valence-electron chi connectivity index (χ2n) is 5.95. The summed E-state index contributed by atoms with van der Waals surface area (Å²) in [5.41, 5.74) is -0.324. The van der Waals surface area contributed by atoms with Gasteiger partial charge in [-0.15, -0.1) is 0 Å². The zero-order valence-electron chi connectivity index (χ0n) is 12.5. The largest absolute Gasteiger partial charge is 0.321 e. The maximum absolute atomic E-state index is 13.5. The maximum atomic E-state index is 13.5. The number of benzene rings is 1. The Morgan fingerprint density at radius 3 is 2.38 bits per heavy atom. The number of para-hydroxylation sites is 1. The third-order valence-electron chi connectivity index (χ3n) is 4.39. The molecule has 0 unspecified atom stereocenters. The summed E-state index contributed by atoms with van der Waals surface area (Å²) >= 11 is 0. The van der Waals surface area contributed by atoms with E-state index in [4.69, 9.17) is 0 Å². The molecule has 21 heavy (non-hydrogen) atoms. The maximum Gasteiger partial charge on any atom is 0.227 e. The van der Waals surface area contributed by atoms with Gasteiger partial charge in [0.25, 0.3) is 0 Å². The Bertz CT molecular complexity index is 461. The van der Waals surface area contributed by atoms with Crippen molar-refractivity contribution >= 4 is 11.6 Å². The Hall–Kier alpha value is -1.45. The number of carbonyl (C=O) groups is 1. The summed E-state index contributed by atoms with van der Waals surface area (Å²) in [6, 6.07) is 3.60. The van der Waals surface area contributed by atoms with Crippen molar-refractivity contribution in [2.75, 3.05) is 5.32 Å². The minimum atomic E-state index is -0.722. The number of halogens is 2. The third-order valence-corrected chi connectivity index (χ3v) is 4.39. The summed E-state index contributed by atoms with van der Waals surface area (Å²) in [7, 11) is 0. The van der Waals surface area contributed by atoms with Gasteiger partial charge in [0.15, 0.2) is 0 Å². The van der Waals surface area contributed by atoms with Crippen molar-refractivity contribution in [3.63, 3.8) is 0 Å². The minimum absolute atomic E-state index is 0.123. The van der Waals surface area contributed by atoms with Gasteiger partial charge in [0, 0.05) is 5.92 Å². The van der Waals surface area contributed by atoms with E-state index in [1.165, 1.54) is 25.3 Å². The van der Waals surface area contributed by atoms with Crippen LogP contribution in [-0.2, 0) is 4.79 Å². The number of hydrogen-bond acceptors (Lipinski definition) is 1. The van der Waals surface area contributed by atoms with Crippen molar-refractivity contribution in [1.82, 2.24) is 0 Å². The molecular weight excluding hydrogens is 272 g/mol. The van der Waals surface area contributed by atoms with E-state index in [9.17, 15) is 13.6 Å². The van der Waals surface area contributed by atoms with E-state index in [1.54, 1.807) is 0 Å². The molecule has 0 atom stereocenters. The van der Waals surface area contributed by atoms with Gasteiger partial charge in [-0.25, -0.2) is 8.78 Å². The fourth-order valence-electron chi connectivity index (χ4n) is 3.05. The predicted molar refractivity (Wildman–Crippen MR) is 80.0 cm³/mol. The highest BCUT2D eigenvalue weighted by Crippen LogP contribution is 2.32. The van der Waals surface area contributed by atoms with Crippen molar-refractivity contribution in [3.8, 4) is 0 Å². The lowest BCUT2D eigenvalue weighted by molar-refractivity contribution is -0.121. The lowest BCUT2D eigenvalue weighted by Gasteiger charge is -2.27. The van der Waals surface area contributed by atoms with Crippen LogP contribution in [0.5, 0.6) is 0 Å². The molecular formula is C17H23F2NO. The normalized spacial score (nSPS) is 22.0. The summed E-state index contributed by atoms with van der Waals surface area (Å²) in [5, 5.41) is 2.42. The van der Waals surface area contributed by atoms with Gasteiger partial charge >= 0.3 is 0 Å². The second kappa shape index (κ2) is 7.53. The van der Waals surface area contributed by atoms with Gasteiger partial charge in [0.1, 0.15) is 17.3 Å². The number of nitrogens with one attached hydrogen (secondary N) is 1. The number of carbonyl (C=O) groups excluding carboxylic acids is 1. The highest BCUT2D eigenvalue weighted by molar-refractivity contribution is 5.92. The lowest BCUT2D eigenvalue weighted by atomic mass is 9.79.